The summed E-state index contributed by atoms with van der Waals surface area (Å²) >= 11 is 6.20. The van der Waals surface area contributed by atoms with Gasteiger partial charge in [0.2, 0.25) is 5.78 Å². The Morgan fingerprint density at radius 2 is 2.11 bits per heavy atom. The molecule has 0 aromatic carbocycles. The lowest BCUT2D eigenvalue weighted by atomic mass is 9.78. The maximum absolute atomic E-state index is 13.7. The van der Waals surface area contributed by atoms with Crippen molar-refractivity contribution in [2.45, 2.75) is 50.0 Å². The lowest BCUT2D eigenvalue weighted by molar-refractivity contribution is -0.120. The van der Waals surface area contributed by atoms with E-state index >= 15 is 0 Å². The quantitative estimate of drug-likeness (QED) is 0.548. The van der Waals surface area contributed by atoms with E-state index in [-0.39, 0.29) is 36.3 Å². The molecule has 1 fully saturated rings. The van der Waals surface area contributed by atoms with E-state index in [9.17, 15) is 23.1 Å². The van der Waals surface area contributed by atoms with Crippen LogP contribution in [0.5, 0.6) is 0 Å². The van der Waals surface area contributed by atoms with Crippen LogP contribution in [0.25, 0.3) is 5.52 Å². The van der Waals surface area contributed by atoms with Gasteiger partial charge in [-0.3, -0.25) is 9.18 Å². The molecule has 146 valence electrons. The zero-order valence-electron chi connectivity index (χ0n) is 14.6. The molecule has 0 amide bonds. The highest BCUT2D eigenvalue weighted by Gasteiger charge is 2.45. The molecule has 0 radical (unpaired) electrons. The van der Waals surface area contributed by atoms with Gasteiger partial charge < -0.3 is 14.9 Å². The van der Waals surface area contributed by atoms with Gasteiger partial charge in [-0.2, -0.15) is 0 Å². The van der Waals surface area contributed by atoms with E-state index < -0.39 is 42.5 Å². The van der Waals surface area contributed by atoms with Crippen molar-refractivity contribution in [3.8, 4) is 0 Å². The van der Waals surface area contributed by atoms with Crippen molar-refractivity contribution in [1.29, 1.82) is 5.41 Å². The molecule has 4 nitrogen and oxygen atoms in total. The fourth-order valence-electron chi connectivity index (χ4n) is 3.80. The highest BCUT2D eigenvalue weighted by molar-refractivity contribution is 6.47. The molecule has 2 N–H and O–H groups in total. The topological polar surface area (TPSA) is 65.6 Å². The molecule has 1 aliphatic carbocycles. The smallest absolute Gasteiger partial charge is 0.250 e. The molecule has 0 spiro atoms. The minimum atomic E-state index is -3.00. The molecule has 1 unspecified atom stereocenters. The normalized spacial score (nSPS) is 22.1. The predicted molar refractivity (Wildman–Crippen MR) is 97.1 cm³/mol. The number of aliphatic hydroxyl groups is 1. The Balaban J connectivity index is 1.90. The number of pyridine rings is 1. The third-order valence-electron chi connectivity index (χ3n) is 4.97. The molecule has 0 saturated heterocycles. The van der Waals surface area contributed by atoms with Gasteiger partial charge in [0.15, 0.2) is 0 Å². The molecule has 8 heteroatoms. The Morgan fingerprint density at radius 1 is 1.37 bits per heavy atom. The highest BCUT2D eigenvalue weighted by atomic mass is 35.5. The third-order valence-corrected chi connectivity index (χ3v) is 5.27. The Hall–Kier alpha value is -1.86. The standard InChI is InChI=1S/C19H20ClF3N2O2/c20-14-3-1-8-25-12(4-7-21)9-13(16(14)25)17(26)15(24)10-18(27)5-2-6-19(22,23)11-18/h1,3,8-9,24,27H,2,4-7,10-11H2. The van der Waals surface area contributed by atoms with E-state index in [0.717, 1.165) is 0 Å². The summed E-state index contributed by atoms with van der Waals surface area (Å²) < 4.78 is 41.7. The molecule has 3 rings (SSSR count). The summed E-state index contributed by atoms with van der Waals surface area (Å²) in [5, 5.41) is 18.8. The van der Waals surface area contributed by atoms with E-state index in [2.05, 4.69) is 0 Å². The first-order valence-corrected chi connectivity index (χ1v) is 9.10. The maximum atomic E-state index is 13.7. The minimum Gasteiger partial charge on any atom is -0.389 e. The average molecular weight is 401 g/mol. The molecule has 2 aromatic heterocycles. The number of aryl methyl sites for hydroxylation is 1. The lowest BCUT2D eigenvalue weighted by Crippen LogP contribution is -2.43. The van der Waals surface area contributed by atoms with Crippen LogP contribution in [-0.4, -0.2) is 39.2 Å². The number of aromatic nitrogens is 1. The van der Waals surface area contributed by atoms with Crippen molar-refractivity contribution in [3.63, 3.8) is 0 Å². The van der Waals surface area contributed by atoms with E-state index in [1.165, 1.54) is 6.07 Å². The van der Waals surface area contributed by atoms with Crippen molar-refractivity contribution in [2.24, 2.45) is 0 Å². The fourth-order valence-corrected chi connectivity index (χ4v) is 4.07. The molecule has 1 saturated carbocycles. The van der Waals surface area contributed by atoms with Crippen LogP contribution in [0.15, 0.2) is 24.4 Å². The zero-order valence-corrected chi connectivity index (χ0v) is 15.3. The van der Waals surface area contributed by atoms with Gasteiger partial charge in [0.05, 0.1) is 34.1 Å². The van der Waals surface area contributed by atoms with Crippen LogP contribution in [-0.2, 0) is 6.42 Å². The molecule has 1 aliphatic rings. The Bertz CT molecular complexity index is 896. The molecule has 1 atom stereocenters. The number of alkyl halides is 3. The number of rotatable bonds is 6. The van der Waals surface area contributed by atoms with Crippen molar-refractivity contribution in [1.82, 2.24) is 4.40 Å². The summed E-state index contributed by atoms with van der Waals surface area (Å²) in [4.78, 5) is 12.8. The summed E-state index contributed by atoms with van der Waals surface area (Å²) in [6.45, 7) is -0.626. The van der Waals surface area contributed by atoms with Gasteiger partial charge in [0.1, 0.15) is 0 Å². The van der Waals surface area contributed by atoms with Crippen LogP contribution in [0.4, 0.5) is 13.2 Å². The second-order valence-corrected chi connectivity index (χ2v) is 7.57. The third kappa shape index (κ3) is 4.04. The van der Waals surface area contributed by atoms with Gasteiger partial charge in [-0.1, -0.05) is 11.6 Å². The average Bonchev–Trinajstić information content (AvgIpc) is 2.93. The first kappa shape index (κ1) is 19.9. The first-order valence-electron chi connectivity index (χ1n) is 8.72. The number of fused-ring (bicyclic) bond motifs is 1. The van der Waals surface area contributed by atoms with Gasteiger partial charge >= 0.3 is 0 Å². The summed E-state index contributed by atoms with van der Waals surface area (Å²) in [6, 6.07) is 4.70. The second-order valence-electron chi connectivity index (χ2n) is 7.16. The SMILES string of the molecule is N=C(CC1(O)CCCC(F)(F)C1)C(=O)c1cc(CCF)n2cccc(Cl)c12. The summed E-state index contributed by atoms with van der Waals surface area (Å²) in [7, 11) is 0. The molecule has 27 heavy (non-hydrogen) atoms. The summed E-state index contributed by atoms with van der Waals surface area (Å²) in [5.74, 6) is -3.70. The van der Waals surface area contributed by atoms with Crippen molar-refractivity contribution >= 4 is 28.6 Å². The van der Waals surface area contributed by atoms with Gasteiger partial charge in [-0.05, 0) is 31.0 Å². The minimum absolute atomic E-state index is 0.0677. The number of carbonyl (C=O) groups is 1. The van der Waals surface area contributed by atoms with Gasteiger partial charge in [-0.25, -0.2) is 8.78 Å². The summed E-state index contributed by atoms with van der Waals surface area (Å²) in [5.41, 5.74) is -1.27. The maximum Gasteiger partial charge on any atom is 0.250 e. The van der Waals surface area contributed by atoms with Crippen LogP contribution in [0.3, 0.4) is 0 Å². The van der Waals surface area contributed by atoms with Gasteiger partial charge in [-0.15, -0.1) is 0 Å². The van der Waals surface area contributed by atoms with E-state index in [0.29, 0.717) is 11.2 Å². The van der Waals surface area contributed by atoms with Gasteiger partial charge in [0.25, 0.3) is 5.92 Å². The van der Waals surface area contributed by atoms with Crippen molar-refractivity contribution < 1.29 is 23.1 Å². The number of halogens is 4. The first-order chi connectivity index (χ1) is 12.7. The van der Waals surface area contributed by atoms with Crippen LogP contribution >= 0.6 is 11.6 Å². The highest BCUT2D eigenvalue weighted by Crippen LogP contribution is 2.41. The van der Waals surface area contributed by atoms with Crippen molar-refractivity contribution in [3.05, 3.63) is 40.7 Å². The molecular formula is C19H20ClF3N2O2. The molecule has 2 heterocycles. The largest absolute Gasteiger partial charge is 0.389 e. The molecule has 0 aliphatic heterocycles. The molecule has 0 bridgehead atoms. The predicted octanol–water partition coefficient (Wildman–Crippen LogP) is 4.64. The van der Waals surface area contributed by atoms with Crippen LogP contribution in [0, 0.1) is 5.41 Å². The number of nitrogens with zero attached hydrogens (tertiary/aromatic N) is 1. The Morgan fingerprint density at radius 3 is 2.78 bits per heavy atom. The van der Waals surface area contributed by atoms with Crippen LogP contribution in [0.1, 0.15) is 48.2 Å². The van der Waals surface area contributed by atoms with Crippen molar-refractivity contribution in [2.75, 3.05) is 6.67 Å². The summed E-state index contributed by atoms with van der Waals surface area (Å²) in [6.07, 6.45) is 0.430. The Kier molecular flexibility index (Phi) is 5.36. The zero-order chi connectivity index (χ0) is 19.8. The lowest BCUT2D eigenvalue weighted by Gasteiger charge is -2.36. The number of ketones is 1. The van der Waals surface area contributed by atoms with E-state index in [1.54, 1.807) is 22.7 Å². The number of Topliss-reactive ketones (excluding diaryl/α,β-unsaturated/α-hetero) is 1. The molecular weight excluding hydrogens is 381 g/mol. The molecule has 2 aromatic rings. The van der Waals surface area contributed by atoms with Gasteiger partial charge in [0, 0.05) is 37.6 Å². The van der Waals surface area contributed by atoms with E-state index in [4.69, 9.17) is 17.0 Å². The monoisotopic (exact) mass is 400 g/mol. The number of hydrogen-bond acceptors (Lipinski definition) is 3. The van der Waals surface area contributed by atoms with E-state index in [1.807, 2.05) is 0 Å². The van der Waals surface area contributed by atoms with Crippen LogP contribution < -0.4 is 0 Å². The number of nitrogens with one attached hydrogen (secondary N) is 1. The second kappa shape index (κ2) is 7.28. The number of hydrogen-bond donors (Lipinski definition) is 2. The number of carbonyl (C=O) groups excluding carboxylic acids is 1. The van der Waals surface area contributed by atoms with Crippen LogP contribution in [0.2, 0.25) is 5.02 Å². The Labute approximate surface area is 159 Å². The fraction of sp³-hybridized carbons (Fsp3) is 0.474.